The molecule has 0 spiro atoms. The molecule has 3 heterocycles. The lowest BCUT2D eigenvalue weighted by molar-refractivity contribution is -0.149. The van der Waals surface area contributed by atoms with Crippen molar-refractivity contribution in [2.45, 2.75) is 50.2 Å². The molecule has 0 radical (unpaired) electrons. The summed E-state index contributed by atoms with van der Waals surface area (Å²) in [5.41, 5.74) is 5.05. The lowest BCUT2D eigenvalue weighted by Crippen LogP contribution is -2.41. The highest BCUT2D eigenvalue weighted by molar-refractivity contribution is 5.97. The molecule has 1 saturated heterocycles. The van der Waals surface area contributed by atoms with E-state index in [1.807, 2.05) is 26.0 Å². The molecule has 1 fully saturated rings. The first-order chi connectivity index (χ1) is 17.7. The number of rotatable bonds is 8. The van der Waals surface area contributed by atoms with Crippen molar-refractivity contribution >= 4 is 23.2 Å². The number of fused-ring (bicyclic) bond motifs is 1. The molecule has 0 bridgehead atoms. The van der Waals surface area contributed by atoms with Gasteiger partial charge in [-0.25, -0.2) is 9.50 Å². The number of nitrogens with zero attached hydrogens (tertiary/aromatic N) is 4. The van der Waals surface area contributed by atoms with Crippen LogP contribution in [0.25, 0.3) is 5.52 Å². The molecule has 12 heteroatoms. The Hall–Kier alpha value is -3.89. The third-order valence-electron chi connectivity index (χ3n) is 6.32. The van der Waals surface area contributed by atoms with E-state index in [4.69, 9.17) is 15.2 Å². The van der Waals surface area contributed by atoms with E-state index in [-0.39, 0.29) is 30.5 Å². The maximum absolute atomic E-state index is 12.5. The molecule has 1 aliphatic rings. The van der Waals surface area contributed by atoms with Crippen LogP contribution in [0.3, 0.4) is 0 Å². The van der Waals surface area contributed by atoms with E-state index in [0.29, 0.717) is 5.52 Å². The Morgan fingerprint density at radius 3 is 2.68 bits per heavy atom. The number of aliphatic hydroxyl groups is 2. The van der Waals surface area contributed by atoms with Gasteiger partial charge in [0, 0.05) is 0 Å². The number of hydrogen-bond acceptors (Lipinski definition) is 10. The van der Waals surface area contributed by atoms with Gasteiger partial charge < -0.3 is 30.7 Å². The predicted molar refractivity (Wildman–Crippen MR) is 130 cm³/mol. The molecule has 12 nitrogen and oxygen atoms in total. The molecule has 0 unspecified atom stereocenters. The van der Waals surface area contributed by atoms with Crippen LogP contribution in [0.2, 0.25) is 0 Å². The number of esters is 1. The zero-order valence-corrected chi connectivity index (χ0v) is 20.3. The van der Waals surface area contributed by atoms with Gasteiger partial charge in [-0.3, -0.25) is 9.59 Å². The number of carbonyl (C=O) groups excluding carboxylic acids is 2. The molecular formula is C25H28N6O6. The summed E-state index contributed by atoms with van der Waals surface area (Å²) in [6.45, 7) is 3.25. The Balaban J connectivity index is 1.55. The maximum atomic E-state index is 12.5. The van der Waals surface area contributed by atoms with Crippen LogP contribution in [0.1, 0.15) is 25.1 Å². The topological polar surface area (TPSA) is 185 Å². The maximum Gasteiger partial charge on any atom is 0.310 e. The van der Waals surface area contributed by atoms with Crippen LogP contribution in [-0.4, -0.2) is 67.6 Å². The van der Waals surface area contributed by atoms with Crippen LogP contribution >= 0.6 is 0 Å². The van der Waals surface area contributed by atoms with Crippen LogP contribution in [0.4, 0.5) is 5.82 Å². The number of carbonyl (C=O) groups is 2. The van der Waals surface area contributed by atoms with Gasteiger partial charge in [-0.15, -0.1) is 0 Å². The molecule has 5 atom stereocenters. The minimum Gasteiger partial charge on any atom is -0.463 e. The molecule has 1 amide bonds. The molecular weight excluding hydrogens is 480 g/mol. The van der Waals surface area contributed by atoms with E-state index in [1.54, 1.807) is 30.3 Å². The zero-order valence-electron chi connectivity index (χ0n) is 20.3. The van der Waals surface area contributed by atoms with Crippen molar-refractivity contribution in [1.82, 2.24) is 14.6 Å². The largest absolute Gasteiger partial charge is 0.463 e. The fourth-order valence-corrected chi connectivity index (χ4v) is 4.12. The van der Waals surface area contributed by atoms with Crippen LogP contribution < -0.4 is 11.1 Å². The number of aliphatic hydroxyl groups excluding tert-OH is 2. The number of nitriles is 1. The molecule has 5 N–H and O–H groups in total. The molecule has 0 saturated carbocycles. The Morgan fingerprint density at radius 2 is 2.00 bits per heavy atom. The van der Waals surface area contributed by atoms with Crippen molar-refractivity contribution < 1.29 is 29.3 Å². The van der Waals surface area contributed by atoms with E-state index in [1.165, 1.54) is 16.9 Å². The summed E-state index contributed by atoms with van der Waals surface area (Å²) >= 11 is 0. The molecule has 37 heavy (non-hydrogen) atoms. The summed E-state index contributed by atoms with van der Waals surface area (Å²) < 4.78 is 12.4. The first-order valence-corrected chi connectivity index (χ1v) is 11.7. The third-order valence-corrected chi connectivity index (χ3v) is 6.32. The second kappa shape index (κ2) is 10.6. The summed E-state index contributed by atoms with van der Waals surface area (Å²) in [6.07, 6.45) is -3.20. The number of amides is 1. The number of aromatic nitrogens is 3. The van der Waals surface area contributed by atoms with Gasteiger partial charge >= 0.3 is 5.97 Å². The molecule has 4 rings (SSSR count). The van der Waals surface area contributed by atoms with Crippen LogP contribution in [0.5, 0.6) is 0 Å². The summed E-state index contributed by atoms with van der Waals surface area (Å²) in [6, 6.07) is 13.2. The first-order valence-electron chi connectivity index (χ1n) is 11.7. The molecule has 1 aromatic carbocycles. The highest BCUT2D eigenvalue weighted by Gasteiger charge is 2.57. The Bertz CT molecular complexity index is 1320. The summed E-state index contributed by atoms with van der Waals surface area (Å²) in [7, 11) is 0. The average molecular weight is 509 g/mol. The van der Waals surface area contributed by atoms with Gasteiger partial charge in [0.15, 0.2) is 5.82 Å². The van der Waals surface area contributed by atoms with E-state index >= 15 is 0 Å². The van der Waals surface area contributed by atoms with Crippen molar-refractivity contribution in [3.8, 4) is 6.07 Å². The van der Waals surface area contributed by atoms with Crippen molar-refractivity contribution in [2.24, 2.45) is 11.7 Å². The fraction of sp³-hybridized carbons (Fsp3) is 0.400. The monoisotopic (exact) mass is 508 g/mol. The van der Waals surface area contributed by atoms with E-state index in [0.717, 1.165) is 5.56 Å². The van der Waals surface area contributed by atoms with Crippen LogP contribution in [0.15, 0.2) is 48.8 Å². The quantitative estimate of drug-likeness (QED) is 0.308. The first kappa shape index (κ1) is 26.2. The molecule has 2 aromatic heterocycles. The number of anilines is 1. The highest BCUT2D eigenvalue weighted by atomic mass is 16.6. The Kier molecular flexibility index (Phi) is 7.51. The van der Waals surface area contributed by atoms with Crippen molar-refractivity contribution in [3.05, 3.63) is 60.0 Å². The Morgan fingerprint density at radius 1 is 1.27 bits per heavy atom. The standard InChI is InChI=1S/C25H28N6O6/c1-14(2)20(27)24(35)30-23-16-8-9-18(31(16)29-13-28-23)25(12-26)22(34)21(33)17(37-25)11-36-19(32)10-15-6-4-3-5-7-15/h3-9,13-14,17,20-22,33-34H,10-11,27H2,1-2H3,(H,28,29,30,35)/t17-,20+,21-,22-,25+/m1/s1. The SMILES string of the molecule is CC(C)[C@H](N)C(=O)Nc1ncnn2c([C@]3(C#N)O[C@H](COC(=O)Cc4ccccc4)[C@@H](O)[C@H]3O)ccc12. The van der Waals surface area contributed by atoms with Crippen molar-refractivity contribution in [2.75, 3.05) is 11.9 Å². The van der Waals surface area contributed by atoms with Gasteiger partial charge in [0.2, 0.25) is 11.5 Å². The minimum absolute atomic E-state index is 0.0187. The Labute approximate surface area is 212 Å². The number of nitrogens with one attached hydrogen (secondary N) is 1. The molecule has 3 aromatic rings. The number of ether oxygens (including phenoxy) is 2. The van der Waals surface area contributed by atoms with Gasteiger partial charge in [0.25, 0.3) is 0 Å². The third kappa shape index (κ3) is 5.03. The molecule has 0 aliphatic carbocycles. The second-order valence-electron chi connectivity index (χ2n) is 9.17. The zero-order chi connectivity index (χ0) is 26.7. The number of hydrogen-bond donors (Lipinski definition) is 4. The summed E-state index contributed by atoms with van der Waals surface area (Å²) in [5.74, 6) is -0.954. The molecule has 1 aliphatic heterocycles. The minimum atomic E-state index is -2.04. The van der Waals surface area contributed by atoms with Gasteiger partial charge in [-0.1, -0.05) is 44.2 Å². The predicted octanol–water partition coefficient (Wildman–Crippen LogP) is 0.276. The van der Waals surface area contributed by atoms with Gasteiger partial charge in [-0.05, 0) is 23.6 Å². The summed E-state index contributed by atoms with van der Waals surface area (Å²) in [4.78, 5) is 28.8. The van der Waals surface area contributed by atoms with Crippen LogP contribution in [-0.2, 0) is 31.1 Å². The number of benzene rings is 1. The van der Waals surface area contributed by atoms with Gasteiger partial charge in [-0.2, -0.15) is 10.4 Å². The second-order valence-corrected chi connectivity index (χ2v) is 9.17. The lowest BCUT2D eigenvalue weighted by atomic mass is 9.92. The smallest absolute Gasteiger partial charge is 0.310 e. The van der Waals surface area contributed by atoms with Crippen LogP contribution in [0, 0.1) is 17.2 Å². The summed E-state index contributed by atoms with van der Waals surface area (Å²) in [5, 5.41) is 38.4. The van der Waals surface area contributed by atoms with E-state index < -0.39 is 41.8 Å². The normalized spacial score (nSPS) is 24.1. The van der Waals surface area contributed by atoms with Crippen molar-refractivity contribution in [3.63, 3.8) is 0 Å². The van der Waals surface area contributed by atoms with E-state index in [2.05, 4.69) is 15.4 Å². The average Bonchev–Trinajstić information content (AvgIpc) is 3.43. The van der Waals surface area contributed by atoms with E-state index in [9.17, 15) is 25.1 Å². The van der Waals surface area contributed by atoms with Gasteiger partial charge in [0.05, 0.1) is 18.2 Å². The fourth-order valence-electron chi connectivity index (χ4n) is 4.12. The molecule has 194 valence electrons. The van der Waals surface area contributed by atoms with Gasteiger partial charge in [0.1, 0.15) is 42.8 Å². The lowest BCUT2D eigenvalue weighted by Gasteiger charge is -2.24. The highest BCUT2D eigenvalue weighted by Crippen LogP contribution is 2.40. The van der Waals surface area contributed by atoms with Crippen molar-refractivity contribution in [1.29, 1.82) is 5.26 Å². The number of nitrogens with two attached hydrogens (primary N) is 1.